The van der Waals surface area contributed by atoms with Crippen molar-refractivity contribution < 1.29 is 14.3 Å². The van der Waals surface area contributed by atoms with Crippen LogP contribution in [-0.2, 0) is 11.3 Å². The SMILES string of the molecule is CCN(CC)[C@H]1CCN(Cc2ccc3c(NC(=O)c4ccccc4)c(C(=O)OC)sc3n2)C1. The van der Waals surface area contributed by atoms with Crippen molar-refractivity contribution in [1.82, 2.24) is 14.8 Å². The van der Waals surface area contributed by atoms with Gasteiger partial charge in [0.05, 0.1) is 18.5 Å². The van der Waals surface area contributed by atoms with Crippen LogP contribution >= 0.6 is 11.3 Å². The summed E-state index contributed by atoms with van der Waals surface area (Å²) in [5.74, 6) is -0.756. The minimum absolute atomic E-state index is 0.274. The maximum absolute atomic E-state index is 12.8. The normalized spacial score (nSPS) is 16.4. The Balaban J connectivity index is 1.57. The van der Waals surface area contributed by atoms with Crippen LogP contribution in [-0.4, -0.2) is 66.0 Å². The Morgan fingerprint density at radius 2 is 1.94 bits per heavy atom. The number of thiophene rings is 1. The quantitative estimate of drug-likeness (QED) is 0.500. The topological polar surface area (TPSA) is 74.8 Å². The molecule has 174 valence electrons. The molecule has 8 heteroatoms. The number of ether oxygens (including phenoxy) is 1. The molecule has 0 radical (unpaired) electrons. The first-order chi connectivity index (χ1) is 16.0. The number of likely N-dealkylation sites (N-methyl/N-ethyl adjacent to an activating group) is 1. The maximum Gasteiger partial charge on any atom is 0.350 e. The average molecular weight is 467 g/mol. The molecule has 1 aliphatic heterocycles. The molecule has 7 nitrogen and oxygen atoms in total. The molecular weight excluding hydrogens is 436 g/mol. The van der Waals surface area contributed by atoms with Gasteiger partial charge in [-0.3, -0.25) is 14.6 Å². The van der Waals surface area contributed by atoms with Crippen molar-refractivity contribution >= 4 is 39.1 Å². The van der Waals surface area contributed by atoms with E-state index in [0.29, 0.717) is 22.2 Å². The summed E-state index contributed by atoms with van der Waals surface area (Å²) in [5, 5.41) is 3.65. The number of amides is 1. The second kappa shape index (κ2) is 10.4. The second-order valence-corrected chi connectivity index (χ2v) is 9.17. The number of esters is 1. The van der Waals surface area contributed by atoms with Crippen molar-refractivity contribution in [2.45, 2.75) is 32.9 Å². The molecule has 0 spiro atoms. The summed E-state index contributed by atoms with van der Waals surface area (Å²) < 4.78 is 4.97. The van der Waals surface area contributed by atoms with E-state index in [2.05, 4.69) is 29.0 Å². The lowest BCUT2D eigenvalue weighted by Crippen LogP contribution is -2.37. The van der Waals surface area contributed by atoms with Crippen molar-refractivity contribution in [3.63, 3.8) is 0 Å². The lowest BCUT2D eigenvalue weighted by molar-refractivity contribution is 0.0607. The Morgan fingerprint density at radius 1 is 1.18 bits per heavy atom. The molecule has 0 saturated carbocycles. The van der Waals surface area contributed by atoms with Gasteiger partial charge in [0.25, 0.3) is 5.91 Å². The number of fused-ring (bicyclic) bond motifs is 1. The first kappa shape index (κ1) is 23.4. The Kier molecular flexibility index (Phi) is 7.37. The zero-order valence-electron chi connectivity index (χ0n) is 19.3. The van der Waals surface area contributed by atoms with E-state index in [1.54, 1.807) is 24.3 Å². The predicted molar refractivity (Wildman–Crippen MR) is 132 cm³/mol. The van der Waals surface area contributed by atoms with E-state index in [4.69, 9.17) is 9.72 Å². The van der Waals surface area contributed by atoms with Gasteiger partial charge in [0.2, 0.25) is 0 Å². The van der Waals surface area contributed by atoms with Crippen molar-refractivity contribution in [2.24, 2.45) is 0 Å². The molecule has 1 atom stereocenters. The van der Waals surface area contributed by atoms with Crippen LogP contribution in [0.5, 0.6) is 0 Å². The van der Waals surface area contributed by atoms with Crippen LogP contribution in [0, 0.1) is 0 Å². The number of pyridine rings is 1. The molecule has 1 aliphatic rings. The number of aromatic nitrogens is 1. The van der Waals surface area contributed by atoms with Gasteiger partial charge in [-0.05, 0) is 43.8 Å². The highest BCUT2D eigenvalue weighted by atomic mass is 32.1. The Bertz CT molecular complexity index is 1130. The first-order valence-corrected chi connectivity index (χ1v) is 12.2. The largest absolute Gasteiger partial charge is 0.465 e. The fraction of sp³-hybridized carbons (Fsp3) is 0.400. The van der Waals surface area contributed by atoms with Gasteiger partial charge in [0.15, 0.2) is 0 Å². The van der Waals surface area contributed by atoms with Gasteiger partial charge in [-0.15, -0.1) is 11.3 Å². The molecule has 3 heterocycles. The summed E-state index contributed by atoms with van der Waals surface area (Å²) >= 11 is 1.25. The minimum atomic E-state index is -0.482. The monoisotopic (exact) mass is 466 g/mol. The third-order valence-corrected chi connectivity index (χ3v) is 7.30. The zero-order chi connectivity index (χ0) is 23.4. The number of carbonyl (C=O) groups is 2. The Hall–Kier alpha value is -2.81. The Morgan fingerprint density at radius 3 is 2.64 bits per heavy atom. The number of rotatable bonds is 8. The molecule has 33 heavy (non-hydrogen) atoms. The number of methoxy groups -OCH3 is 1. The highest BCUT2D eigenvalue weighted by Gasteiger charge is 2.27. The number of carbonyl (C=O) groups excluding carboxylic acids is 2. The highest BCUT2D eigenvalue weighted by Crippen LogP contribution is 2.36. The van der Waals surface area contributed by atoms with Crippen molar-refractivity contribution in [3.05, 3.63) is 58.6 Å². The molecule has 1 amide bonds. The summed E-state index contributed by atoms with van der Waals surface area (Å²) in [4.78, 5) is 36.0. The van der Waals surface area contributed by atoms with Gasteiger partial charge in [0, 0.05) is 36.6 Å². The van der Waals surface area contributed by atoms with E-state index in [1.807, 2.05) is 18.2 Å². The molecule has 1 fully saturated rings. The first-order valence-electron chi connectivity index (χ1n) is 11.4. The average Bonchev–Trinajstić information content (AvgIpc) is 3.44. The summed E-state index contributed by atoms with van der Waals surface area (Å²) in [7, 11) is 1.34. The van der Waals surface area contributed by atoms with Crippen LogP contribution in [0.4, 0.5) is 5.69 Å². The Labute approximate surface area is 198 Å². The van der Waals surface area contributed by atoms with E-state index in [-0.39, 0.29) is 5.91 Å². The van der Waals surface area contributed by atoms with Crippen LogP contribution in [0.25, 0.3) is 10.2 Å². The van der Waals surface area contributed by atoms with Crippen molar-refractivity contribution in [3.8, 4) is 0 Å². The summed E-state index contributed by atoms with van der Waals surface area (Å²) in [6, 6.07) is 13.5. The number of anilines is 1. The smallest absolute Gasteiger partial charge is 0.350 e. The fourth-order valence-corrected chi connectivity index (χ4v) is 5.53. The number of hydrogen-bond donors (Lipinski definition) is 1. The zero-order valence-corrected chi connectivity index (χ0v) is 20.2. The molecule has 1 N–H and O–H groups in total. The molecule has 0 bridgehead atoms. The number of hydrogen-bond acceptors (Lipinski definition) is 7. The molecule has 0 unspecified atom stereocenters. The maximum atomic E-state index is 12.8. The van der Waals surface area contributed by atoms with Gasteiger partial charge in [-0.1, -0.05) is 32.0 Å². The standard InChI is InChI=1S/C25H30N4O3S/c1-4-29(5-2)19-13-14-28(16-19)15-18-11-12-20-21(22(25(31)32-3)33-24(20)26-18)27-23(30)17-9-7-6-8-10-17/h6-12,19H,4-5,13-16H2,1-3H3,(H,27,30)/t19-/m0/s1. The van der Waals surface area contributed by atoms with Crippen molar-refractivity contribution in [2.75, 3.05) is 38.6 Å². The number of nitrogens with one attached hydrogen (secondary N) is 1. The van der Waals surface area contributed by atoms with Gasteiger partial charge < -0.3 is 10.1 Å². The van der Waals surface area contributed by atoms with E-state index >= 15 is 0 Å². The summed E-state index contributed by atoms with van der Waals surface area (Å²) in [5.41, 5.74) is 1.94. The lowest BCUT2D eigenvalue weighted by Gasteiger charge is -2.26. The molecule has 1 saturated heterocycles. The van der Waals surface area contributed by atoms with E-state index in [1.165, 1.54) is 24.9 Å². The number of benzene rings is 1. The van der Waals surface area contributed by atoms with E-state index in [0.717, 1.165) is 48.6 Å². The molecule has 3 aromatic rings. The third-order valence-electron chi connectivity index (χ3n) is 6.22. The van der Waals surface area contributed by atoms with Gasteiger partial charge in [0.1, 0.15) is 9.71 Å². The minimum Gasteiger partial charge on any atom is -0.465 e. The molecule has 2 aromatic heterocycles. The molecule has 0 aliphatic carbocycles. The van der Waals surface area contributed by atoms with Crippen LogP contribution in [0.2, 0.25) is 0 Å². The molecule has 4 rings (SSSR count). The van der Waals surface area contributed by atoms with Crippen molar-refractivity contribution in [1.29, 1.82) is 0 Å². The fourth-order valence-electron chi connectivity index (χ4n) is 4.46. The molecular formula is C25H30N4O3S. The second-order valence-electron chi connectivity index (χ2n) is 8.17. The third kappa shape index (κ3) is 5.08. The van der Waals surface area contributed by atoms with Gasteiger partial charge >= 0.3 is 5.97 Å². The molecule has 1 aromatic carbocycles. The van der Waals surface area contributed by atoms with Gasteiger partial charge in [-0.2, -0.15) is 0 Å². The number of nitrogens with zero attached hydrogens (tertiary/aromatic N) is 3. The van der Waals surface area contributed by atoms with Crippen LogP contribution in [0.15, 0.2) is 42.5 Å². The number of likely N-dealkylation sites (tertiary alicyclic amines) is 1. The predicted octanol–water partition coefficient (Wildman–Crippen LogP) is 4.25. The van der Waals surface area contributed by atoms with E-state index < -0.39 is 5.97 Å². The van der Waals surface area contributed by atoms with Gasteiger partial charge in [-0.25, -0.2) is 9.78 Å². The summed E-state index contributed by atoms with van der Waals surface area (Å²) in [6.07, 6.45) is 1.17. The lowest BCUT2D eigenvalue weighted by atomic mass is 10.2. The van der Waals surface area contributed by atoms with E-state index in [9.17, 15) is 9.59 Å². The van der Waals surface area contributed by atoms with Crippen LogP contribution in [0.1, 0.15) is 46.0 Å². The summed E-state index contributed by atoms with van der Waals surface area (Å²) in [6.45, 7) is 9.43. The van der Waals surface area contributed by atoms with Crippen LogP contribution in [0.3, 0.4) is 0 Å². The highest BCUT2D eigenvalue weighted by molar-refractivity contribution is 7.21. The van der Waals surface area contributed by atoms with Crippen LogP contribution < -0.4 is 5.32 Å².